The molecule has 1 aromatic carbocycles. The van der Waals surface area contributed by atoms with Crippen molar-refractivity contribution in [3.05, 3.63) is 28.5 Å². The molecule has 0 saturated heterocycles. The Hall–Kier alpha value is -0.900. The summed E-state index contributed by atoms with van der Waals surface area (Å²) in [5.74, 6) is -0.623. The minimum Gasteiger partial charge on any atom is -0.324 e. The van der Waals surface area contributed by atoms with Crippen molar-refractivity contribution in [1.29, 1.82) is 0 Å². The Morgan fingerprint density at radius 1 is 1.62 bits per heavy atom. The lowest BCUT2D eigenvalue weighted by atomic mass is 10.3. The third-order valence-electron chi connectivity index (χ3n) is 1.52. The normalized spacial score (nSPS) is 9.77. The van der Waals surface area contributed by atoms with Crippen LogP contribution in [0, 0.1) is 5.82 Å². The first-order chi connectivity index (χ1) is 6.13. The molecule has 0 spiro atoms. The predicted molar refractivity (Wildman–Crippen MR) is 53.0 cm³/mol. The molecule has 4 heteroatoms. The topological polar surface area (TPSA) is 29.1 Å². The third kappa shape index (κ3) is 2.81. The van der Waals surface area contributed by atoms with Crippen LogP contribution in [0.5, 0.6) is 0 Å². The summed E-state index contributed by atoms with van der Waals surface area (Å²) >= 11 is 3.19. The maximum atomic E-state index is 13.0. The van der Waals surface area contributed by atoms with Gasteiger partial charge in [-0.25, -0.2) is 4.39 Å². The number of carbonyl (C=O) groups excluding carboxylic acids is 1. The first kappa shape index (κ1) is 10.2. The molecule has 0 aromatic heterocycles. The maximum Gasteiger partial charge on any atom is 0.224 e. The van der Waals surface area contributed by atoms with Gasteiger partial charge in [-0.2, -0.15) is 0 Å². The van der Waals surface area contributed by atoms with Crippen LogP contribution in [0.2, 0.25) is 0 Å². The maximum absolute atomic E-state index is 13.0. The van der Waals surface area contributed by atoms with Crippen molar-refractivity contribution in [2.75, 3.05) is 5.32 Å². The molecule has 0 unspecified atom stereocenters. The standard InChI is InChI=1S/C9H9BrFNO/c1-2-9(13)12-8-5-6(10)3-4-7(8)11/h3-5H,2H2,1H3,(H,12,13). The highest BCUT2D eigenvalue weighted by Crippen LogP contribution is 2.19. The summed E-state index contributed by atoms with van der Waals surface area (Å²) < 4.78 is 13.8. The molecule has 13 heavy (non-hydrogen) atoms. The third-order valence-corrected chi connectivity index (χ3v) is 2.02. The summed E-state index contributed by atoms with van der Waals surface area (Å²) in [6, 6.07) is 4.41. The number of amides is 1. The molecule has 2 nitrogen and oxygen atoms in total. The lowest BCUT2D eigenvalue weighted by molar-refractivity contribution is -0.115. The molecule has 0 aliphatic rings. The summed E-state index contributed by atoms with van der Waals surface area (Å²) in [6.45, 7) is 1.71. The van der Waals surface area contributed by atoms with Gasteiger partial charge < -0.3 is 5.32 Å². The highest BCUT2D eigenvalue weighted by Gasteiger charge is 2.04. The van der Waals surface area contributed by atoms with E-state index in [1.807, 2.05) is 0 Å². The number of nitrogens with one attached hydrogen (secondary N) is 1. The summed E-state index contributed by atoms with van der Waals surface area (Å²) in [5.41, 5.74) is 0.209. The lowest BCUT2D eigenvalue weighted by Crippen LogP contribution is -2.10. The SMILES string of the molecule is CCC(=O)Nc1cc(Br)ccc1F. The molecule has 0 fully saturated rings. The number of anilines is 1. The molecule has 0 atom stereocenters. The minimum absolute atomic E-state index is 0.197. The van der Waals surface area contributed by atoms with Gasteiger partial charge in [0, 0.05) is 10.9 Å². The minimum atomic E-state index is -0.426. The van der Waals surface area contributed by atoms with Gasteiger partial charge in [-0.3, -0.25) is 4.79 Å². The second-order valence-electron chi connectivity index (χ2n) is 2.53. The average Bonchev–Trinajstić information content (AvgIpc) is 2.11. The van der Waals surface area contributed by atoms with E-state index in [2.05, 4.69) is 21.2 Å². The van der Waals surface area contributed by atoms with Crippen molar-refractivity contribution in [2.45, 2.75) is 13.3 Å². The number of carbonyl (C=O) groups is 1. The van der Waals surface area contributed by atoms with Crippen molar-refractivity contribution in [1.82, 2.24) is 0 Å². The Bertz CT molecular complexity index is 327. The van der Waals surface area contributed by atoms with Gasteiger partial charge >= 0.3 is 0 Å². The Labute approximate surface area is 84.3 Å². The zero-order valence-corrected chi connectivity index (χ0v) is 8.69. The van der Waals surface area contributed by atoms with Crippen molar-refractivity contribution >= 4 is 27.5 Å². The van der Waals surface area contributed by atoms with E-state index in [0.717, 1.165) is 4.47 Å². The molecule has 0 aliphatic carbocycles. The molecule has 1 rings (SSSR count). The van der Waals surface area contributed by atoms with Crippen molar-refractivity contribution < 1.29 is 9.18 Å². The molecule has 70 valence electrons. The van der Waals surface area contributed by atoms with Gasteiger partial charge in [0.05, 0.1) is 5.69 Å². The largest absolute Gasteiger partial charge is 0.324 e. The molecular weight excluding hydrogens is 237 g/mol. The number of hydrogen-bond acceptors (Lipinski definition) is 1. The van der Waals surface area contributed by atoms with Gasteiger partial charge in [-0.15, -0.1) is 0 Å². The van der Waals surface area contributed by atoms with Gasteiger partial charge in [0.25, 0.3) is 0 Å². The van der Waals surface area contributed by atoms with Crippen LogP contribution in [-0.2, 0) is 4.79 Å². The molecular formula is C9H9BrFNO. The van der Waals surface area contributed by atoms with Crippen LogP contribution in [-0.4, -0.2) is 5.91 Å². The highest BCUT2D eigenvalue weighted by molar-refractivity contribution is 9.10. The van der Waals surface area contributed by atoms with Crippen LogP contribution in [0.1, 0.15) is 13.3 Å². The molecule has 1 amide bonds. The summed E-state index contributed by atoms with van der Waals surface area (Å²) in [5, 5.41) is 2.46. The Kier molecular flexibility index (Phi) is 3.42. The van der Waals surface area contributed by atoms with E-state index in [1.165, 1.54) is 12.1 Å². The van der Waals surface area contributed by atoms with Gasteiger partial charge in [0.2, 0.25) is 5.91 Å². The molecule has 0 saturated carbocycles. The number of rotatable bonds is 2. The monoisotopic (exact) mass is 245 g/mol. The van der Waals surface area contributed by atoms with Gasteiger partial charge in [0.15, 0.2) is 0 Å². The fraction of sp³-hybridized carbons (Fsp3) is 0.222. The van der Waals surface area contributed by atoms with Crippen LogP contribution >= 0.6 is 15.9 Å². The smallest absolute Gasteiger partial charge is 0.224 e. The Balaban J connectivity index is 2.87. The molecule has 1 aromatic rings. The second-order valence-corrected chi connectivity index (χ2v) is 3.44. The number of halogens is 2. The van der Waals surface area contributed by atoms with Gasteiger partial charge in [-0.1, -0.05) is 22.9 Å². The summed E-state index contributed by atoms with van der Waals surface area (Å²) in [7, 11) is 0. The highest BCUT2D eigenvalue weighted by atomic mass is 79.9. The molecule has 1 N–H and O–H groups in total. The van der Waals surface area contributed by atoms with Gasteiger partial charge in [-0.05, 0) is 18.2 Å². The van der Waals surface area contributed by atoms with Gasteiger partial charge in [0.1, 0.15) is 5.82 Å². The first-order valence-corrected chi connectivity index (χ1v) is 4.67. The summed E-state index contributed by atoms with van der Waals surface area (Å²) in [6.07, 6.45) is 0.339. The molecule has 0 heterocycles. The number of hydrogen-bond donors (Lipinski definition) is 1. The van der Waals surface area contributed by atoms with E-state index < -0.39 is 5.82 Å². The quantitative estimate of drug-likeness (QED) is 0.853. The van der Waals surface area contributed by atoms with Crippen LogP contribution < -0.4 is 5.32 Å². The molecule has 0 bridgehead atoms. The first-order valence-electron chi connectivity index (χ1n) is 3.88. The lowest BCUT2D eigenvalue weighted by Gasteiger charge is -2.04. The van der Waals surface area contributed by atoms with Crippen molar-refractivity contribution in [3.8, 4) is 0 Å². The zero-order valence-electron chi connectivity index (χ0n) is 7.10. The van der Waals surface area contributed by atoms with Crippen LogP contribution in [0.3, 0.4) is 0 Å². The van der Waals surface area contributed by atoms with Crippen LogP contribution in [0.25, 0.3) is 0 Å². The predicted octanol–water partition coefficient (Wildman–Crippen LogP) is 2.94. The van der Waals surface area contributed by atoms with Crippen LogP contribution in [0.15, 0.2) is 22.7 Å². The molecule has 0 radical (unpaired) electrons. The van der Waals surface area contributed by atoms with E-state index in [1.54, 1.807) is 13.0 Å². The Morgan fingerprint density at radius 2 is 2.31 bits per heavy atom. The summed E-state index contributed by atoms with van der Waals surface area (Å²) in [4.78, 5) is 11.0. The van der Waals surface area contributed by atoms with E-state index in [-0.39, 0.29) is 11.6 Å². The van der Waals surface area contributed by atoms with E-state index in [4.69, 9.17) is 0 Å². The van der Waals surface area contributed by atoms with E-state index in [0.29, 0.717) is 6.42 Å². The fourth-order valence-electron chi connectivity index (χ4n) is 0.832. The van der Waals surface area contributed by atoms with Crippen LogP contribution in [0.4, 0.5) is 10.1 Å². The van der Waals surface area contributed by atoms with Crippen molar-refractivity contribution in [3.63, 3.8) is 0 Å². The fourth-order valence-corrected chi connectivity index (χ4v) is 1.19. The number of benzene rings is 1. The second kappa shape index (κ2) is 4.37. The zero-order chi connectivity index (χ0) is 9.84. The van der Waals surface area contributed by atoms with Crippen molar-refractivity contribution in [2.24, 2.45) is 0 Å². The van der Waals surface area contributed by atoms with E-state index in [9.17, 15) is 9.18 Å². The average molecular weight is 246 g/mol. The Morgan fingerprint density at radius 3 is 2.92 bits per heavy atom. The molecule has 0 aliphatic heterocycles. The van der Waals surface area contributed by atoms with E-state index >= 15 is 0 Å².